The summed E-state index contributed by atoms with van der Waals surface area (Å²) in [5.41, 5.74) is 2.39. The van der Waals surface area contributed by atoms with Gasteiger partial charge in [0.05, 0.1) is 6.54 Å². The Kier molecular flexibility index (Phi) is 5.93. The van der Waals surface area contributed by atoms with Crippen molar-refractivity contribution in [3.8, 4) is 17.5 Å². The monoisotopic (exact) mass is 403 g/mol. The van der Waals surface area contributed by atoms with Gasteiger partial charge in [0.1, 0.15) is 17.6 Å². The minimum Gasteiger partial charge on any atom is -0.458 e. The van der Waals surface area contributed by atoms with Crippen LogP contribution in [-0.4, -0.2) is 40.0 Å². The van der Waals surface area contributed by atoms with Crippen LogP contribution in [0.2, 0.25) is 0 Å². The molecule has 1 aliphatic rings. The van der Waals surface area contributed by atoms with Gasteiger partial charge in [0.25, 0.3) is 5.91 Å². The van der Waals surface area contributed by atoms with Crippen molar-refractivity contribution in [2.24, 2.45) is 0 Å². The third kappa shape index (κ3) is 4.95. The summed E-state index contributed by atoms with van der Waals surface area (Å²) in [5.74, 6) is 1.46. The predicted molar refractivity (Wildman–Crippen MR) is 114 cm³/mol. The zero-order valence-electron chi connectivity index (χ0n) is 17.2. The van der Waals surface area contributed by atoms with Crippen molar-refractivity contribution < 1.29 is 14.3 Å². The molecule has 1 aromatic heterocycles. The maximum atomic E-state index is 13.0. The molecule has 1 aliphatic heterocycles. The number of aromatic nitrogens is 2. The highest BCUT2D eigenvalue weighted by Crippen LogP contribution is 2.23. The molecule has 6 nitrogen and oxygen atoms in total. The quantitative estimate of drug-likeness (QED) is 0.624. The lowest BCUT2D eigenvalue weighted by Gasteiger charge is -2.32. The summed E-state index contributed by atoms with van der Waals surface area (Å²) in [5, 5.41) is 0. The average Bonchev–Trinajstić information content (AvgIpc) is 2.74. The molecule has 0 saturated carbocycles. The Bertz CT molecular complexity index is 986. The number of nitrogens with zero attached hydrogens (tertiary/aromatic N) is 3. The maximum absolute atomic E-state index is 13.0. The highest BCUT2D eigenvalue weighted by atomic mass is 16.5. The fourth-order valence-electron chi connectivity index (χ4n) is 3.59. The van der Waals surface area contributed by atoms with E-state index in [0.29, 0.717) is 30.4 Å². The van der Waals surface area contributed by atoms with Crippen LogP contribution in [0.4, 0.5) is 0 Å². The number of carbonyl (C=O) groups is 1. The van der Waals surface area contributed by atoms with E-state index in [1.54, 1.807) is 12.1 Å². The van der Waals surface area contributed by atoms with Gasteiger partial charge in [-0.3, -0.25) is 4.79 Å². The van der Waals surface area contributed by atoms with Crippen molar-refractivity contribution >= 4 is 5.91 Å². The van der Waals surface area contributed by atoms with Gasteiger partial charge in [0, 0.05) is 23.5 Å². The number of aryl methyl sites for hydroxylation is 2. The van der Waals surface area contributed by atoms with Crippen LogP contribution < -0.4 is 9.47 Å². The van der Waals surface area contributed by atoms with Crippen LogP contribution in [0, 0.1) is 13.8 Å². The first-order chi connectivity index (χ1) is 14.6. The smallest absolute Gasteiger partial charge is 0.317 e. The van der Waals surface area contributed by atoms with Crippen molar-refractivity contribution in [3.05, 3.63) is 77.6 Å². The van der Waals surface area contributed by atoms with Crippen LogP contribution >= 0.6 is 0 Å². The first-order valence-electron chi connectivity index (χ1n) is 10.2. The van der Waals surface area contributed by atoms with E-state index in [-0.39, 0.29) is 12.0 Å². The number of piperidine rings is 1. The van der Waals surface area contributed by atoms with Crippen LogP contribution in [-0.2, 0) is 0 Å². The molecule has 3 aromatic rings. The van der Waals surface area contributed by atoms with E-state index in [0.717, 1.165) is 30.0 Å². The first-order valence-corrected chi connectivity index (χ1v) is 10.2. The Hall–Kier alpha value is -3.41. The highest BCUT2D eigenvalue weighted by molar-refractivity contribution is 5.94. The van der Waals surface area contributed by atoms with E-state index in [1.807, 2.05) is 67.3 Å². The molecule has 0 aliphatic carbocycles. The van der Waals surface area contributed by atoms with Gasteiger partial charge in [-0.1, -0.05) is 18.2 Å². The minimum atomic E-state index is -0.107. The molecule has 2 heterocycles. The number of amides is 1. The molecule has 4 rings (SSSR count). The second-order valence-corrected chi connectivity index (χ2v) is 7.51. The van der Waals surface area contributed by atoms with E-state index >= 15 is 0 Å². The van der Waals surface area contributed by atoms with E-state index < -0.39 is 0 Å². The first kappa shape index (κ1) is 19.9. The largest absolute Gasteiger partial charge is 0.458 e. The number of ether oxygens (including phenoxy) is 2. The molecule has 0 N–H and O–H groups in total. The normalized spacial score (nSPS) is 16.2. The van der Waals surface area contributed by atoms with Crippen molar-refractivity contribution in [2.75, 3.05) is 13.1 Å². The third-order valence-corrected chi connectivity index (χ3v) is 4.98. The molecule has 6 heteroatoms. The number of hydrogen-bond donors (Lipinski definition) is 0. The number of likely N-dealkylation sites (tertiary alicyclic amines) is 1. The molecule has 1 saturated heterocycles. The van der Waals surface area contributed by atoms with Gasteiger partial charge >= 0.3 is 6.01 Å². The number of para-hydroxylation sites is 1. The van der Waals surface area contributed by atoms with Gasteiger partial charge in [-0.25, -0.2) is 9.97 Å². The Morgan fingerprint density at radius 1 is 0.967 bits per heavy atom. The number of benzene rings is 2. The molecule has 154 valence electrons. The molecule has 0 spiro atoms. The van der Waals surface area contributed by atoms with Crippen molar-refractivity contribution in [1.82, 2.24) is 14.9 Å². The van der Waals surface area contributed by atoms with Crippen LogP contribution in [0.15, 0.2) is 60.7 Å². The lowest BCUT2D eigenvalue weighted by atomic mass is 10.1. The summed E-state index contributed by atoms with van der Waals surface area (Å²) in [4.78, 5) is 23.5. The third-order valence-electron chi connectivity index (χ3n) is 4.98. The lowest BCUT2D eigenvalue weighted by molar-refractivity contribution is 0.0515. The number of carbonyl (C=O) groups excluding carboxylic acids is 1. The fourth-order valence-corrected chi connectivity index (χ4v) is 3.59. The Morgan fingerprint density at radius 2 is 1.63 bits per heavy atom. The topological polar surface area (TPSA) is 64.5 Å². The summed E-state index contributed by atoms with van der Waals surface area (Å²) in [6, 6.07) is 19.1. The fraction of sp³-hybridized carbons (Fsp3) is 0.292. The maximum Gasteiger partial charge on any atom is 0.317 e. The minimum absolute atomic E-state index is 0.00379. The van der Waals surface area contributed by atoms with Crippen molar-refractivity contribution in [1.29, 1.82) is 0 Å². The average molecular weight is 403 g/mol. The lowest BCUT2D eigenvalue weighted by Crippen LogP contribution is -2.44. The standard InChI is InChI=1S/C24H25N3O3/c1-17-15-18(2)26-24(25-17)30-22-9-6-14-27(16-22)23(28)19-10-12-21(13-11-19)29-20-7-4-3-5-8-20/h3-5,7-8,10-13,15,22H,6,9,14,16H2,1-2H3. The zero-order valence-corrected chi connectivity index (χ0v) is 17.2. The Labute approximate surface area is 176 Å². The molecule has 2 aromatic carbocycles. The Morgan fingerprint density at radius 3 is 2.33 bits per heavy atom. The van der Waals surface area contributed by atoms with E-state index in [4.69, 9.17) is 9.47 Å². The van der Waals surface area contributed by atoms with Crippen LogP contribution in [0.25, 0.3) is 0 Å². The molecular weight excluding hydrogens is 378 g/mol. The van der Waals surface area contributed by atoms with Gasteiger partial charge in [-0.05, 0) is 69.2 Å². The van der Waals surface area contributed by atoms with Gasteiger partial charge in [-0.2, -0.15) is 0 Å². The van der Waals surface area contributed by atoms with Crippen molar-refractivity contribution in [3.63, 3.8) is 0 Å². The van der Waals surface area contributed by atoms with Gasteiger partial charge in [0.2, 0.25) is 0 Å². The summed E-state index contributed by atoms with van der Waals surface area (Å²) >= 11 is 0. The molecule has 1 atom stereocenters. The molecule has 1 unspecified atom stereocenters. The van der Waals surface area contributed by atoms with E-state index in [2.05, 4.69) is 9.97 Å². The molecular formula is C24H25N3O3. The Balaban J connectivity index is 1.39. The highest BCUT2D eigenvalue weighted by Gasteiger charge is 2.26. The molecule has 0 radical (unpaired) electrons. The van der Waals surface area contributed by atoms with Gasteiger partial charge in [0.15, 0.2) is 0 Å². The summed E-state index contributed by atoms with van der Waals surface area (Å²) in [6.45, 7) is 5.08. The van der Waals surface area contributed by atoms with Gasteiger partial charge < -0.3 is 14.4 Å². The molecule has 1 amide bonds. The van der Waals surface area contributed by atoms with Gasteiger partial charge in [-0.15, -0.1) is 0 Å². The van der Waals surface area contributed by atoms with Crippen LogP contribution in [0.3, 0.4) is 0 Å². The van der Waals surface area contributed by atoms with Crippen LogP contribution in [0.1, 0.15) is 34.6 Å². The second kappa shape index (κ2) is 8.95. The molecule has 30 heavy (non-hydrogen) atoms. The summed E-state index contributed by atoms with van der Waals surface area (Å²) in [6.07, 6.45) is 1.66. The van der Waals surface area contributed by atoms with Crippen LogP contribution in [0.5, 0.6) is 17.5 Å². The zero-order chi connectivity index (χ0) is 20.9. The van der Waals surface area contributed by atoms with E-state index in [9.17, 15) is 4.79 Å². The predicted octanol–water partition coefficient (Wildman–Crippen LogP) is 4.57. The SMILES string of the molecule is Cc1cc(C)nc(OC2CCCN(C(=O)c3ccc(Oc4ccccc4)cc3)C2)n1. The second-order valence-electron chi connectivity index (χ2n) is 7.51. The molecule has 1 fully saturated rings. The van der Waals surface area contributed by atoms with Crippen molar-refractivity contribution in [2.45, 2.75) is 32.8 Å². The summed E-state index contributed by atoms with van der Waals surface area (Å²) in [7, 11) is 0. The molecule has 0 bridgehead atoms. The summed E-state index contributed by atoms with van der Waals surface area (Å²) < 4.78 is 11.8. The number of rotatable bonds is 5. The van der Waals surface area contributed by atoms with E-state index in [1.165, 1.54) is 0 Å². The number of hydrogen-bond acceptors (Lipinski definition) is 5.